The second kappa shape index (κ2) is 8.71. The fraction of sp³-hybridized carbons (Fsp3) is 0.0769. The standard InChI is InChI=1S/C26H21N3O2/c1-3-7-19(8-4-1)17-30-25-14-12-23(21-11-13-24-22(15-21)16-27-29-24)26(28-25)31-18-20-9-5-2-6-10-20/h1-16H,17-18H2,(H,27,29). The first-order chi connectivity index (χ1) is 15.3. The number of fused-ring (bicyclic) bond motifs is 1. The maximum Gasteiger partial charge on any atom is 0.225 e. The summed E-state index contributed by atoms with van der Waals surface area (Å²) >= 11 is 0. The molecule has 0 fully saturated rings. The Labute approximate surface area is 180 Å². The molecular formula is C26H21N3O2. The minimum atomic E-state index is 0.428. The SMILES string of the molecule is c1ccc(COc2ccc(-c3ccc4[nH]ncc4c3)c(OCc3ccccc3)n2)cc1. The smallest absolute Gasteiger partial charge is 0.225 e. The van der Waals surface area contributed by atoms with Crippen LogP contribution in [0.15, 0.2) is 97.2 Å². The highest BCUT2D eigenvalue weighted by Gasteiger charge is 2.12. The molecular weight excluding hydrogens is 386 g/mol. The molecule has 152 valence electrons. The summed E-state index contributed by atoms with van der Waals surface area (Å²) in [5, 5.41) is 8.13. The lowest BCUT2D eigenvalue weighted by atomic mass is 10.1. The van der Waals surface area contributed by atoms with E-state index in [1.165, 1.54) is 0 Å². The molecule has 31 heavy (non-hydrogen) atoms. The van der Waals surface area contributed by atoms with Gasteiger partial charge in [0, 0.05) is 17.0 Å². The van der Waals surface area contributed by atoms with E-state index in [1.54, 1.807) is 0 Å². The number of aromatic nitrogens is 3. The monoisotopic (exact) mass is 407 g/mol. The van der Waals surface area contributed by atoms with Crippen LogP contribution in [0.2, 0.25) is 0 Å². The van der Waals surface area contributed by atoms with Crippen LogP contribution >= 0.6 is 0 Å². The Kier molecular flexibility index (Phi) is 5.31. The van der Waals surface area contributed by atoms with Crippen LogP contribution in [0, 0.1) is 0 Å². The van der Waals surface area contributed by atoms with Crippen molar-refractivity contribution in [2.75, 3.05) is 0 Å². The minimum Gasteiger partial charge on any atom is -0.473 e. The summed E-state index contributed by atoms with van der Waals surface area (Å²) < 4.78 is 12.1. The van der Waals surface area contributed by atoms with E-state index < -0.39 is 0 Å². The van der Waals surface area contributed by atoms with Gasteiger partial charge in [0.2, 0.25) is 11.8 Å². The molecule has 0 atom stereocenters. The van der Waals surface area contributed by atoms with Crippen molar-refractivity contribution >= 4 is 10.9 Å². The predicted octanol–water partition coefficient (Wildman–Crippen LogP) is 5.78. The van der Waals surface area contributed by atoms with Crippen LogP contribution in [0.25, 0.3) is 22.0 Å². The number of hydrogen-bond donors (Lipinski definition) is 1. The third kappa shape index (κ3) is 4.41. The van der Waals surface area contributed by atoms with Gasteiger partial charge in [-0.1, -0.05) is 66.7 Å². The summed E-state index contributed by atoms with van der Waals surface area (Å²) in [5.74, 6) is 1.07. The minimum absolute atomic E-state index is 0.428. The first kappa shape index (κ1) is 18.9. The molecule has 0 radical (unpaired) electrons. The molecule has 2 aromatic heterocycles. The summed E-state index contributed by atoms with van der Waals surface area (Å²) in [6.45, 7) is 0.878. The third-order valence-electron chi connectivity index (χ3n) is 5.03. The van der Waals surface area contributed by atoms with Crippen molar-refractivity contribution in [2.45, 2.75) is 13.2 Å². The van der Waals surface area contributed by atoms with Gasteiger partial charge in [-0.3, -0.25) is 5.10 Å². The fourth-order valence-corrected chi connectivity index (χ4v) is 3.40. The average Bonchev–Trinajstić information content (AvgIpc) is 3.31. The number of nitrogens with zero attached hydrogens (tertiary/aromatic N) is 2. The van der Waals surface area contributed by atoms with E-state index in [9.17, 15) is 0 Å². The molecule has 5 rings (SSSR count). The number of ether oxygens (including phenoxy) is 2. The second-order valence-corrected chi connectivity index (χ2v) is 7.22. The van der Waals surface area contributed by atoms with E-state index in [0.29, 0.717) is 25.0 Å². The Morgan fingerprint density at radius 3 is 2.16 bits per heavy atom. The molecule has 0 amide bonds. The van der Waals surface area contributed by atoms with Crippen LogP contribution in [0.1, 0.15) is 11.1 Å². The van der Waals surface area contributed by atoms with Crippen molar-refractivity contribution < 1.29 is 9.47 Å². The number of hydrogen-bond acceptors (Lipinski definition) is 4. The van der Waals surface area contributed by atoms with Crippen molar-refractivity contribution in [1.29, 1.82) is 0 Å². The van der Waals surface area contributed by atoms with Gasteiger partial charge in [0.25, 0.3) is 0 Å². The van der Waals surface area contributed by atoms with E-state index in [0.717, 1.165) is 33.2 Å². The molecule has 3 aromatic carbocycles. The maximum atomic E-state index is 6.15. The molecule has 0 bridgehead atoms. The van der Waals surface area contributed by atoms with Crippen LogP contribution in [-0.2, 0) is 13.2 Å². The molecule has 5 aromatic rings. The van der Waals surface area contributed by atoms with Gasteiger partial charge < -0.3 is 9.47 Å². The second-order valence-electron chi connectivity index (χ2n) is 7.22. The number of rotatable bonds is 7. The highest BCUT2D eigenvalue weighted by atomic mass is 16.5. The summed E-state index contributed by atoms with van der Waals surface area (Å²) in [6.07, 6.45) is 1.81. The first-order valence-corrected chi connectivity index (χ1v) is 10.1. The largest absolute Gasteiger partial charge is 0.473 e. The zero-order valence-corrected chi connectivity index (χ0v) is 16.9. The number of H-pyrrole nitrogens is 1. The quantitative estimate of drug-likeness (QED) is 0.371. The first-order valence-electron chi connectivity index (χ1n) is 10.1. The zero-order valence-electron chi connectivity index (χ0n) is 16.9. The van der Waals surface area contributed by atoms with Gasteiger partial charge in [-0.25, -0.2) is 0 Å². The normalized spacial score (nSPS) is 10.8. The van der Waals surface area contributed by atoms with E-state index in [4.69, 9.17) is 9.47 Å². The summed E-state index contributed by atoms with van der Waals surface area (Å²) in [4.78, 5) is 4.68. The van der Waals surface area contributed by atoms with E-state index in [1.807, 2.05) is 91.1 Å². The molecule has 0 aliphatic carbocycles. The molecule has 2 heterocycles. The number of aromatic amines is 1. The topological polar surface area (TPSA) is 60.0 Å². The van der Waals surface area contributed by atoms with Crippen molar-refractivity contribution in [3.63, 3.8) is 0 Å². The Bertz CT molecular complexity index is 1280. The van der Waals surface area contributed by atoms with Gasteiger partial charge in [0.05, 0.1) is 11.7 Å². The fourth-order valence-electron chi connectivity index (χ4n) is 3.40. The average molecular weight is 407 g/mol. The van der Waals surface area contributed by atoms with Gasteiger partial charge in [-0.2, -0.15) is 10.1 Å². The van der Waals surface area contributed by atoms with Gasteiger partial charge in [0.15, 0.2) is 0 Å². The van der Waals surface area contributed by atoms with Gasteiger partial charge in [-0.05, 0) is 34.9 Å². The molecule has 0 aliphatic rings. The number of nitrogens with one attached hydrogen (secondary N) is 1. The Morgan fingerprint density at radius 2 is 1.42 bits per heavy atom. The molecule has 0 aliphatic heterocycles. The molecule has 1 N–H and O–H groups in total. The number of benzene rings is 3. The van der Waals surface area contributed by atoms with Gasteiger partial charge in [-0.15, -0.1) is 0 Å². The maximum absolute atomic E-state index is 6.15. The van der Waals surface area contributed by atoms with Crippen LogP contribution in [0.3, 0.4) is 0 Å². The summed E-state index contributed by atoms with van der Waals surface area (Å²) in [7, 11) is 0. The lowest BCUT2D eigenvalue weighted by Gasteiger charge is -2.13. The Balaban J connectivity index is 1.45. The Morgan fingerprint density at radius 1 is 0.710 bits per heavy atom. The summed E-state index contributed by atoms with van der Waals surface area (Å²) in [6, 6.07) is 30.1. The van der Waals surface area contributed by atoms with E-state index in [-0.39, 0.29) is 0 Å². The highest BCUT2D eigenvalue weighted by Crippen LogP contribution is 2.33. The van der Waals surface area contributed by atoms with Crippen LogP contribution in [0.5, 0.6) is 11.8 Å². The van der Waals surface area contributed by atoms with Crippen molar-refractivity contribution in [3.8, 4) is 22.9 Å². The van der Waals surface area contributed by atoms with Crippen molar-refractivity contribution in [1.82, 2.24) is 15.2 Å². The molecule has 0 saturated carbocycles. The lowest BCUT2D eigenvalue weighted by Crippen LogP contribution is -2.02. The van der Waals surface area contributed by atoms with Crippen molar-refractivity contribution in [2.24, 2.45) is 0 Å². The van der Waals surface area contributed by atoms with E-state index >= 15 is 0 Å². The zero-order chi connectivity index (χ0) is 20.9. The summed E-state index contributed by atoms with van der Waals surface area (Å²) in [5.41, 5.74) is 5.08. The van der Waals surface area contributed by atoms with Crippen LogP contribution < -0.4 is 9.47 Å². The molecule has 0 saturated heterocycles. The molecule has 0 spiro atoms. The molecule has 5 heteroatoms. The number of pyridine rings is 1. The van der Waals surface area contributed by atoms with E-state index in [2.05, 4.69) is 21.2 Å². The Hall–Kier alpha value is -4.12. The van der Waals surface area contributed by atoms with Gasteiger partial charge >= 0.3 is 0 Å². The third-order valence-corrected chi connectivity index (χ3v) is 5.03. The van der Waals surface area contributed by atoms with Crippen LogP contribution in [-0.4, -0.2) is 15.2 Å². The molecule has 0 unspecified atom stereocenters. The van der Waals surface area contributed by atoms with Crippen molar-refractivity contribution in [3.05, 3.63) is 108 Å². The highest BCUT2D eigenvalue weighted by molar-refractivity contribution is 5.85. The lowest BCUT2D eigenvalue weighted by molar-refractivity contribution is 0.268. The predicted molar refractivity (Wildman–Crippen MR) is 121 cm³/mol. The van der Waals surface area contributed by atoms with Crippen LogP contribution in [0.4, 0.5) is 0 Å². The molecule has 5 nitrogen and oxygen atoms in total. The van der Waals surface area contributed by atoms with Gasteiger partial charge in [0.1, 0.15) is 13.2 Å².